The number of rotatable bonds is 4. The van der Waals surface area contributed by atoms with E-state index in [2.05, 4.69) is 15.5 Å². The molecular formula is C13H16N4O3. The molecule has 0 radical (unpaired) electrons. The molecule has 0 aliphatic carbocycles. The number of carbonyl (C=O) groups is 1. The molecule has 3 heterocycles. The fourth-order valence-corrected chi connectivity index (χ4v) is 2.15. The molecule has 0 unspecified atom stereocenters. The van der Waals surface area contributed by atoms with Gasteiger partial charge >= 0.3 is 0 Å². The molecule has 2 atom stereocenters. The highest BCUT2D eigenvalue weighted by atomic mass is 16.5. The minimum atomic E-state index is -0.208. The molecule has 7 heteroatoms. The van der Waals surface area contributed by atoms with Crippen molar-refractivity contribution in [1.29, 1.82) is 0 Å². The van der Waals surface area contributed by atoms with Crippen LogP contribution < -0.4 is 10.1 Å². The molecule has 2 N–H and O–H groups in total. The largest absolute Gasteiger partial charge is 0.482 e. The SMILES string of the molecule is Cn1ccc(C(=O)N[C@H]2COC[C@H]2Oc2cn[nH]c2)c1. The number of aryl methyl sites for hydroxylation is 1. The maximum absolute atomic E-state index is 12.1. The van der Waals surface area contributed by atoms with E-state index in [0.29, 0.717) is 24.5 Å². The van der Waals surface area contributed by atoms with Crippen LogP contribution in [0.5, 0.6) is 5.75 Å². The van der Waals surface area contributed by atoms with Gasteiger partial charge in [-0.3, -0.25) is 9.89 Å². The lowest BCUT2D eigenvalue weighted by Crippen LogP contribution is -2.45. The molecule has 0 saturated carbocycles. The molecule has 0 bridgehead atoms. The number of carbonyl (C=O) groups excluding carboxylic acids is 1. The quantitative estimate of drug-likeness (QED) is 0.843. The number of nitrogens with zero attached hydrogens (tertiary/aromatic N) is 2. The predicted octanol–water partition coefficient (Wildman–Crippen LogP) is 0.324. The third-order valence-electron chi connectivity index (χ3n) is 3.20. The lowest BCUT2D eigenvalue weighted by molar-refractivity contribution is 0.0904. The summed E-state index contributed by atoms with van der Waals surface area (Å²) in [6, 6.07) is 1.61. The van der Waals surface area contributed by atoms with E-state index in [-0.39, 0.29) is 18.1 Å². The molecule has 1 saturated heterocycles. The Kier molecular flexibility index (Phi) is 3.42. The molecule has 0 spiro atoms. The maximum atomic E-state index is 12.1. The monoisotopic (exact) mass is 276 g/mol. The molecular weight excluding hydrogens is 260 g/mol. The van der Waals surface area contributed by atoms with Crippen molar-refractivity contribution in [3.63, 3.8) is 0 Å². The normalized spacial score (nSPS) is 21.9. The summed E-state index contributed by atoms with van der Waals surface area (Å²) >= 11 is 0. The zero-order valence-electron chi connectivity index (χ0n) is 11.1. The lowest BCUT2D eigenvalue weighted by atomic mass is 10.2. The highest BCUT2D eigenvalue weighted by molar-refractivity contribution is 5.94. The van der Waals surface area contributed by atoms with Gasteiger partial charge in [0.05, 0.1) is 37.2 Å². The average molecular weight is 276 g/mol. The highest BCUT2D eigenvalue weighted by Crippen LogP contribution is 2.16. The lowest BCUT2D eigenvalue weighted by Gasteiger charge is -2.19. The summed E-state index contributed by atoms with van der Waals surface area (Å²) in [5.74, 6) is 0.515. The number of ether oxygens (including phenoxy) is 2. The summed E-state index contributed by atoms with van der Waals surface area (Å²) in [6.07, 6.45) is 6.65. The summed E-state index contributed by atoms with van der Waals surface area (Å²) in [4.78, 5) is 12.1. The van der Waals surface area contributed by atoms with Gasteiger partial charge in [0.15, 0.2) is 5.75 Å². The standard InChI is InChI=1S/C13H16N4O3/c1-17-3-2-9(6-17)13(18)16-11-7-19-8-12(11)20-10-4-14-15-5-10/h2-6,11-12H,7-8H2,1H3,(H,14,15)(H,16,18)/t11-,12+/m0/s1. The first kappa shape index (κ1) is 12.7. The van der Waals surface area contributed by atoms with Crippen LogP contribution in [0.15, 0.2) is 30.9 Å². The third-order valence-corrected chi connectivity index (χ3v) is 3.20. The van der Waals surface area contributed by atoms with Crippen molar-refractivity contribution in [2.24, 2.45) is 7.05 Å². The Hall–Kier alpha value is -2.28. The van der Waals surface area contributed by atoms with Crippen LogP contribution in [0.1, 0.15) is 10.4 Å². The van der Waals surface area contributed by atoms with Crippen molar-refractivity contribution in [3.05, 3.63) is 36.4 Å². The van der Waals surface area contributed by atoms with Gasteiger partial charge in [0.1, 0.15) is 6.10 Å². The third kappa shape index (κ3) is 2.67. The summed E-state index contributed by atoms with van der Waals surface area (Å²) in [5, 5.41) is 9.44. The smallest absolute Gasteiger partial charge is 0.253 e. The first-order chi connectivity index (χ1) is 9.72. The van der Waals surface area contributed by atoms with Gasteiger partial charge in [0.25, 0.3) is 5.91 Å². The first-order valence-corrected chi connectivity index (χ1v) is 6.38. The van der Waals surface area contributed by atoms with E-state index in [1.54, 1.807) is 24.7 Å². The van der Waals surface area contributed by atoms with E-state index >= 15 is 0 Å². The minimum Gasteiger partial charge on any atom is -0.482 e. The van der Waals surface area contributed by atoms with Crippen LogP contribution in [0.4, 0.5) is 0 Å². The number of aromatic amines is 1. The van der Waals surface area contributed by atoms with Gasteiger partial charge in [0, 0.05) is 19.4 Å². The fourth-order valence-electron chi connectivity index (χ4n) is 2.15. The van der Waals surface area contributed by atoms with Crippen LogP contribution >= 0.6 is 0 Å². The zero-order valence-corrected chi connectivity index (χ0v) is 11.1. The van der Waals surface area contributed by atoms with Crippen LogP contribution in [0.25, 0.3) is 0 Å². The van der Waals surface area contributed by atoms with Crippen LogP contribution in [0, 0.1) is 0 Å². The number of nitrogens with one attached hydrogen (secondary N) is 2. The van der Waals surface area contributed by atoms with Gasteiger partial charge in [-0.1, -0.05) is 0 Å². The number of hydrogen-bond acceptors (Lipinski definition) is 4. The van der Waals surface area contributed by atoms with Crippen molar-refractivity contribution in [2.75, 3.05) is 13.2 Å². The van der Waals surface area contributed by atoms with Crippen molar-refractivity contribution in [2.45, 2.75) is 12.1 Å². The molecule has 20 heavy (non-hydrogen) atoms. The Morgan fingerprint density at radius 2 is 2.50 bits per heavy atom. The fraction of sp³-hybridized carbons (Fsp3) is 0.385. The van der Waals surface area contributed by atoms with E-state index in [1.165, 1.54) is 0 Å². The Morgan fingerprint density at radius 1 is 1.60 bits per heavy atom. The van der Waals surface area contributed by atoms with Crippen LogP contribution in [-0.4, -0.2) is 46.0 Å². The molecule has 2 aromatic heterocycles. The molecule has 3 rings (SSSR count). The maximum Gasteiger partial charge on any atom is 0.253 e. The van der Waals surface area contributed by atoms with Gasteiger partial charge in [-0.05, 0) is 6.07 Å². The second-order valence-corrected chi connectivity index (χ2v) is 4.77. The van der Waals surface area contributed by atoms with Crippen molar-refractivity contribution < 1.29 is 14.3 Å². The van der Waals surface area contributed by atoms with Crippen molar-refractivity contribution >= 4 is 5.91 Å². The minimum absolute atomic E-state index is 0.123. The molecule has 106 valence electrons. The van der Waals surface area contributed by atoms with Gasteiger partial charge in [-0.2, -0.15) is 5.10 Å². The van der Waals surface area contributed by atoms with E-state index in [4.69, 9.17) is 9.47 Å². The molecule has 1 aliphatic heterocycles. The molecule has 1 aliphatic rings. The van der Waals surface area contributed by atoms with E-state index in [1.807, 2.05) is 17.8 Å². The predicted molar refractivity (Wildman–Crippen MR) is 70.5 cm³/mol. The van der Waals surface area contributed by atoms with Crippen molar-refractivity contribution in [1.82, 2.24) is 20.1 Å². The number of H-pyrrole nitrogens is 1. The van der Waals surface area contributed by atoms with Gasteiger partial charge in [-0.15, -0.1) is 0 Å². The highest BCUT2D eigenvalue weighted by Gasteiger charge is 2.32. The summed E-state index contributed by atoms with van der Waals surface area (Å²) in [5.41, 5.74) is 0.626. The van der Waals surface area contributed by atoms with Crippen LogP contribution in [0.3, 0.4) is 0 Å². The summed E-state index contributed by atoms with van der Waals surface area (Å²) in [6.45, 7) is 0.895. The molecule has 1 amide bonds. The van der Waals surface area contributed by atoms with E-state index in [9.17, 15) is 4.79 Å². The average Bonchev–Trinajstić information content (AvgIpc) is 3.13. The molecule has 7 nitrogen and oxygen atoms in total. The van der Waals surface area contributed by atoms with Gasteiger partial charge in [0.2, 0.25) is 0 Å². The topological polar surface area (TPSA) is 81.2 Å². The molecule has 2 aromatic rings. The Labute approximate surface area is 115 Å². The van der Waals surface area contributed by atoms with E-state index in [0.717, 1.165) is 0 Å². The first-order valence-electron chi connectivity index (χ1n) is 6.38. The Bertz CT molecular complexity index is 578. The second-order valence-electron chi connectivity index (χ2n) is 4.77. The van der Waals surface area contributed by atoms with Crippen LogP contribution in [0.2, 0.25) is 0 Å². The summed E-state index contributed by atoms with van der Waals surface area (Å²) < 4.78 is 12.9. The number of hydrogen-bond donors (Lipinski definition) is 2. The second kappa shape index (κ2) is 5.38. The van der Waals surface area contributed by atoms with Crippen LogP contribution in [-0.2, 0) is 11.8 Å². The Balaban J connectivity index is 1.62. The van der Waals surface area contributed by atoms with Gasteiger partial charge < -0.3 is 19.4 Å². The number of amides is 1. The van der Waals surface area contributed by atoms with E-state index < -0.39 is 0 Å². The zero-order chi connectivity index (χ0) is 13.9. The molecule has 0 aromatic carbocycles. The van der Waals surface area contributed by atoms with Gasteiger partial charge in [-0.25, -0.2) is 0 Å². The molecule has 1 fully saturated rings. The summed E-state index contributed by atoms with van der Waals surface area (Å²) in [7, 11) is 1.88. The van der Waals surface area contributed by atoms with Crippen molar-refractivity contribution in [3.8, 4) is 5.75 Å². The number of aromatic nitrogens is 3. The Morgan fingerprint density at radius 3 is 3.20 bits per heavy atom.